The molecule has 1 fully saturated rings. The van der Waals surface area contributed by atoms with Crippen LogP contribution < -0.4 is 0 Å². The Morgan fingerprint density at radius 3 is 2.67 bits per heavy atom. The zero-order valence-electron chi connectivity index (χ0n) is 10.7. The average molecular weight is 267 g/mol. The van der Waals surface area contributed by atoms with E-state index in [0.29, 0.717) is 18.1 Å². The van der Waals surface area contributed by atoms with Gasteiger partial charge < -0.3 is 5.11 Å². The number of carbonyl (C=O) groups excluding carboxylic acids is 1. The summed E-state index contributed by atoms with van der Waals surface area (Å²) < 4.78 is 0. The molecule has 0 aromatic heterocycles. The summed E-state index contributed by atoms with van der Waals surface area (Å²) in [5, 5.41) is 10.4. The van der Waals surface area contributed by atoms with Gasteiger partial charge in [-0.05, 0) is 30.4 Å². The van der Waals surface area contributed by atoms with Crippen molar-refractivity contribution in [1.29, 1.82) is 0 Å². The number of hydrogen-bond acceptors (Lipinski definition) is 2. The first-order valence-electron chi connectivity index (χ1n) is 6.83. The Morgan fingerprint density at radius 1 is 1.33 bits per heavy atom. The molecule has 0 saturated heterocycles. The Morgan fingerprint density at radius 2 is 2.00 bits per heavy atom. The number of carbonyl (C=O) groups is 1. The van der Waals surface area contributed by atoms with Crippen molar-refractivity contribution < 1.29 is 9.90 Å². The standard InChI is InChI=1S/C15H19ClO2/c1-15(9-4-2-3-5-9)13(16)12-8-10(17)6-7-11(12)14(15)18/h6-7,9,12-13,18H,2-5,8H2,1H3. The first-order valence-corrected chi connectivity index (χ1v) is 7.27. The van der Waals surface area contributed by atoms with Crippen molar-refractivity contribution in [2.75, 3.05) is 0 Å². The minimum atomic E-state index is -0.340. The molecule has 0 aromatic rings. The third-order valence-electron chi connectivity index (χ3n) is 5.18. The summed E-state index contributed by atoms with van der Waals surface area (Å²) >= 11 is 6.65. The molecule has 1 N–H and O–H groups in total. The summed E-state index contributed by atoms with van der Waals surface area (Å²) in [7, 11) is 0. The van der Waals surface area contributed by atoms with Crippen molar-refractivity contribution in [1.82, 2.24) is 0 Å². The molecule has 18 heavy (non-hydrogen) atoms. The van der Waals surface area contributed by atoms with Crippen molar-refractivity contribution in [3.05, 3.63) is 23.5 Å². The summed E-state index contributed by atoms with van der Waals surface area (Å²) in [6.07, 6.45) is 8.54. The lowest BCUT2D eigenvalue weighted by Crippen LogP contribution is -2.36. The van der Waals surface area contributed by atoms with Crippen LogP contribution in [0.3, 0.4) is 0 Å². The molecular formula is C15H19ClO2. The highest BCUT2D eigenvalue weighted by molar-refractivity contribution is 6.22. The second kappa shape index (κ2) is 4.12. The Labute approximate surface area is 113 Å². The van der Waals surface area contributed by atoms with Gasteiger partial charge in [0.25, 0.3) is 0 Å². The monoisotopic (exact) mass is 266 g/mol. The maximum absolute atomic E-state index is 11.5. The topological polar surface area (TPSA) is 37.3 Å². The van der Waals surface area contributed by atoms with Crippen molar-refractivity contribution in [2.24, 2.45) is 17.3 Å². The maximum atomic E-state index is 11.5. The van der Waals surface area contributed by atoms with Gasteiger partial charge in [-0.2, -0.15) is 0 Å². The lowest BCUT2D eigenvalue weighted by molar-refractivity contribution is -0.115. The van der Waals surface area contributed by atoms with Gasteiger partial charge in [-0.1, -0.05) is 25.8 Å². The average Bonchev–Trinajstić information content (AvgIpc) is 2.94. The van der Waals surface area contributed by atoms with E-state index >= 15 is 0 Å². The van der Waals surface area contributed by atoms with E-state index in [1.807, 2.05) is 0 Å². The van der Waals surface area contributed by atoms with Gasteiger partial charge in [0.05, 0.1) is 5.38 Å². The second-order valence-corrected chi connectivity index (χ2v) is 6.55. The SMILES string of the molecule is CC1(C2CCCC2)C(O)=C2C=CC(=O)CC2C1Cl. The third kappa shape index (κ3) is 1.51. The molecule has 0 aromatic carbocycles. The second-order valence-electron chi connectivity index (χ2n) is 6.08. The number of allylic oxidation sites excluding steroid dienone is 4. The van der Waals surface area contributed by atoms with Crippen LogP contribution in [0, 0.1) is 17.3 Å². The molecule has 2 nitrogen and oxygen atoms in total. The number of halogens is 1. The fraction of sp³-hybridized carbons (Fsp3) is 0.667. The number of hydrogen-bond donors (Lipinski definition) is 1. The van der Waals surface area contributed by atoms with Gasteiger partial charge in [-0.25, -0.2) is 0 Å². The molecule has 0 heterocycles. The molecule has 3 atom stereocenters. The minimum Gasteiger partial charge on any atom is -0.511 e. The number of aliphatic hydroxyl groups excluding tert-OH is 1. The van der Waals surface area contributed by atoms with Crippen molar-refractivity contribution in [3.63, 3.8) is 0 Å². The van der Waals surface area contributed by atoms with Crippen LogP contribution in [0.4, 0.5) is 0 Å². The highest BCUT2D eigenvalue weighted by Gasteiger charge is 2.55. The Kier molecular flexibility index (Phi) is 2.81. The van der Waals surface area contributed by atoms with E-state index in [-0.39, 0.29) is 22.5 Å². The van der Waals surface area contributed by atoms with Crippen LogP contribution in [0.5, 0.6) is 0 Å². The molecule has 3 aliphatic rings. The van der Waals surface area contributed by atoms with E-state index in [1.54, 1.807) is 12.2 Å². The molecule has 0 aliphatic heterocycles. The fourth-order valence-electron chi connectivity index (χ4n) is 4.02. The molecule has 0 spiro atoms. The van der Waals surface area contributed by atoms with Crippen LogP contribution in [0.2, 0.25) is 0 Å². The number of rotatable bonds is 1. The van der Waals surface area contributed by atoms with Crippen LogP contribution in [-0.4, -0.2) is 16.3 Å². The van der Waals surface area contributed by atoms with Gasteiger partial charge >= 0.3 is 0 Å². The molecular weight excluding hydrogens is 248 g/mol. The van der Waals surface area contributed by atoms with Gasteiger partial charge in [0.1, 0.15) is 5.76 Å². The first-order chi connectivity index (χ1) is 8.55. The van der Waals surface area contributed by atoms with Crippen molar-refractivity contribution >= 4 is 17.4 Å². The number of fused-ring (bicyclic) bond motifs is 1. The molecule has 3 rings (SSSR count). The molecule has 3 unspecified atom stereocenters. The van der Waals surface area contributed by atoms with Crippen LogP contribution in [0.1, 0.15) is 39.0 Å². The van der Waals surface area contributed by atoms with Crippen molar-refractivity contribution in [3.8, 4) is 0 Å². The predicted molar refractivity (Wildman–Crippen MR) is 71.6 cm³/mol. The van der Waals surface area contributed by atoms with Gasteiger partial charge in [0, 0.05) is 17.8 Å². The number of alkyl halides is 1. The van der Waals surface area contributed by atoms with Gasteiger partial charge in [0.15, 0.2) is 5.78 Å². The van der Waals surface area contributed by atoms with Crippen LogP contribution >= 0.6 is 11.6 Å². The predicted octanol–water partition coefficient (Wildman–Crippen LogP) is 3.76. The zero-order chi connectivity index (χ0) is 12.9. The fourth-order valence-corrected chi connectivity index (χ4v) is 4.53. The largest absolute Gasteiger partial charge is 0.511 e. The summed E-state index contributed by atoms with van der Waals surface area (Å²) in [5.74, 6) is 1.04. The molecule has 0 bridgehead atoms. The minimum absolute atomic E-state index is 0.00904. The molecule has 0 amide bonds. The van der Waals surface area contributed by atoms with Gasteiger partial charge in [-0.3, -0.25) is 4.79 Å². The quantitative estimate of drug-likeness (QED) is 0.734. The van der Waals surface area contributed by atoms with E-state index < -0.39 is 0 Å². The molecule has 3 heteroatoms. The smallest absolute Gasteiger partial charge is 0.156 e. The van der Waals surface area contributed by atoms with E-state index in [4.69, 9.17) is 11.6 Å². The zero-order valence-corrected chi connectivity index (χ0v) is 11.4. The van der Waals surface area contributed by atoms with Crippen LogP contribution in [-0.2, 0) is 4.79 Å². The normalized spacial score (nSPS) is 40.7. The van der Waals surface area contributed by atoms with E-state index in [1.165, 1.54) is 12.8 Å². The summed E-state index contributed by atoms with van der Waals surface area (Å²) in [6.45, 7) is 2.08. The molecule has 98 valence electrons. The molecule has 1 saturated carbocycles. The Bertz CT molecular complexity index is 445. The summed E-state index contributed by atoms with van der Waals surface area (Å²) in [6, 6.07) is 0. The maximum Gasteiger partial charge on any atom is 0.156 e. The first kappa shape index (κ1) is 12.3. The van der Waals surface area contributed by atoms with E-state index in [0.717, 1.165) is 18.4 Å². The van der Waals surface area contributed by atoms with Crippen molar-refractivity contribution in [2.45, 2.75) is 44.4 Å². The molecule has 3 aliphatic carbocycles. The highest BCUT2D eigenvalue weighted by atomic mass is 35.5. The summed E-state index contributed by atoms with van der Waals surface area (Å²) in [5.41, 5.74) is 0.566. The van der Waals surface area contributed by atoms with Gasteiger partial charge in [0.2, 0.25) is 0 Å². The Hall–Kier alpha value is -0.760. The van der Waals surface area contributed by atoms with Gasteiger partial charge in [-0.15, -0.1) is 11.6 Å². The van der Waals surface area contributed by atoms with Crippen LogP contribution in [0.15, 0.2) is 23.5 Å². The van der Waals surface area contributed by atoms with E-state index in [9.17, 15) is 9.90 Å². The van der Waals surface area contributed by atoms with E-state index in [2.05, 4.69) is 6.92 Å². The van der Waals surface area contributed by atoms with Crippen LogP contribution in [0.25, 0.3) is 0 Å². The highest BCUT2D eigenvalue weighted by Crippen LogP contribution is 2.58. The molecule has 0 radical (unpaired) electrons. The lowest BCUT2D eigenvalue weighted by atomic mass is 9.72. The summed E-state index contributed by atoms with van der Waals surface area (Å²) in [4.78, 5) is 11.5. The Balaban J connectivity index is 2.01. The lowest BCUT2D eigenvalue weighted by Gasteiger charge is -2.36. The third-order valence-corrected chi connectivity index (χ3v) is 5.94. The number of aliphatic hydroxyl groups is 1. The number of ketones is 1.